The molecular formula is C12H17N5O2S. The summed E-state index contributed by atoms with van der Waals surface area (Å²) < 4.78 is 28.2. The zero-order valence-electron chi connectivity index (χ0n) is 11.3. The molecule has 2 rings (SSSR count). The number of aromatic nitrogens is 3. The van der Waals surface area contributed by atoms with Crippen LogP contribution in [0.4, 0.5) is 0 Å². The molecule has 0 saturated carbocycles. The Morgan fingerprint density at radius 1 is 1.35 bits per heavy atom. The number of hydrogen-bond acceptors (Lipinski definition) is 4. The van der Waals surface area contributed by atoms with Crippen molar-refractivity contribution in [1.29, 1.82) is 0 Å². The highest BCUT2D eigenvalue weighted by molar-refractivity contribution is 7.87. The number of nitrogens with one attached hydrogen (secondary N) is 2. The highest BCUT2D eigenvalue weighted by atomic mass is 32.2. The van der Waals surface area contributed by atoms with Crippen LogP contribution in [0.1, 0.15) is 24.4 Å². The number of aromatic amines is 1. The third-order valence-corrected chi connectivity index (χ3v) is 4.43. The Morgan fingerprint density at radius 3 is 2.65 bits per heavy atom. The van der Waals surface area contributed by atoms with Gasteiger partial charge < -0.3 is 0 Å². The van der Waals surface area contributed by atoms with Crippen LogP contribution >= 0.6 is 0 Å². The number of benzene rings is 1. The second-order valence-electron chi connectivity index (χ2n) is 4.46. The van der Waals surface area contributed by atoms with Crippen molar-refractivity contribution in [2.45, 2.75) is 19.5 Å². The van der Waals surface area contributed by atoms with Crippen LogP contribution in [0.15, 0.2) is 36.7 Å². The summed E-state index contributed by atoms with van der Waals surface area (Å²) >= 11 is 0. The molecule has 0 amide bonds. The van der Waals surface area contributed by atoms with Crippen molar-refractivity contribution >= 4 is 10.2 Å². The first kappa shape index (κ1) is 14.6. The molecule has 2 N–H and O–H groups in total. The summed E-state index contributed by atoms with van der Waals surface area (Å²) in [6.07, 6.45) is 1.34. The van der Waals surface area contributed by atoms with E-state index in [2.05, 4.69) is 19.9 Å². The zero-order chi connectivity index (χ0) is 14.6. The van der Waals surface area contributed by atoms with Crippen molar-refractivity contribution in [3.8, 4) is 0 Å². The van der Waals surface area contributed by atoms with Gasteiger partial charge in [-0.2, -0.15) is 22.5 Å². The van der Waals surface area contributed by atoms with E-state index < -0.39 is 16.3 Å². The summed E-state index contributed by atoms with van der Waals surface area (Å²) in [5.74, 6) is 0.474. The minimum Gasteiger partial charge on any atom is -0.262 e. The van der Waals surface area contributed by atoms with Gasteiger partial charge in [-0.25, -0.2) is 4.98 Å². The van der Waals surface area contributed by atoms with E-state index in [0.717, 1.165) is 5.56 Å². The summed E-state index contributed by atoms with van der Waals surface area (Å²) in [6, 6.07) is 8.93. The van der Waals surface area contributed by atoms with Gasteiger partial charge in [0.05, 0.1) is 6.04 Å². The molecule has 0 spiro atoms. The maximum absolute atomic E-state index is 12.2. The first-order valence-electron chi connectivity index (χ1n) is 6.12. The normalized spacial score (nSPS) is 13.6. The molecule has 0 fully saturated rings. The van der Waals surface area contributed by atoms with Gasteiger partial charge in [-0.1, -0.05) is 30.3 Å². The molecule has 7 nitrogen and oxygen atoms in total. The van der Waals surface area contributed by atoms with Gasteiger partial charge in [-0.05, 0) is 12.5 Å². The fourth-order valence-corrected chi connectivity index (χ4v) is 2.78. The fourth-order valence-electron chi connectivity index (χ4n) is 1.72. The SMILES string of the molecule is CC(NS(=O)(=O)N(C)Cc1ccccc1)c1ncn[nH]1. The lowest BCUT2D eigenvalue weighted by Crippen LogP contribution is -2.39. The smallest absolute Gasteiger partial charge is 0.262 e. The Balaban J connectivity index is 2.02. The molecule has 1 aromatic carbocycles. The van der Waals surface area contributed by atoms with E-state index in [1.165, 1.54) is 17.7 Å². The van der Waals surface area contributed by atoms with Crippen LogP contribution in [0.25, 0.3) is 0 Å². The summed E-state index contributed by atoms with van der Waals surface area (Å²) in [7, 11) is -2.06. The van der Waals surface area contributed by atoms with Gasteiger partial charge in [0.2, 0.25) is 0 Å². The lowest BCUT2D eigenvalue weighted by molar-refractivity contribution is 0.445. The predicted molar refractivity (Wildman–Crippen MR) is 74.8 cm³/mol. The molecule has 1 unspecified atom stereocenters. The second kappa shape index (κ2) is 6.12. The van der Waals surface area contributed by atoms with Crippen molar-refractivity contribution in [1.82, 2.24) is 24.2 Å². The highest BCUT2D eigenvalue weighted by Gasteiger charge is 2.22. The minimum absolute atomic E-state index is 0.305. The van der Waals surface area contributed by atoms with E-state index in [1.54, 1.807) is 6.92 Å². The van der Waals surface area contributed by atoms with Gasteiger partial charge in [0, 0.05) is 13.6 Å². The third-order valence-electron chi connectivity index (χ3n) is 2.83. The van der Waals surface area contributed by atoms with Crippen molar-refractivity contribution in [2.75, 3.05) is 7.05 Å². The van der Waals surface area contributed by atoms with Crippen molar-refractivity contribution in [3.63, 3.8) is 0 Å². The fraction of sp³-hybridized carbons (Fsp3) is 0.333. The van der Waals surface area contributed by atoms with Crippen LogP contribution in [0.5, 0.6) is 0 Å². The molecule has 1 heterocycles. The standard InChI is InChI=1S/C12H17N5O2S/c1-10(12-13-9-14-15-12)16-20(18,19)17(2)8-11-6-4-3-5-7-11/h3-7,9-10,16H,8H2,1-2H3,(H,13,14,15). The highest BCUT2D eigenvalue weighted by Crippen LogP contribution is 2.10. The molecule has 1 aromatic heterocycles. The molecule has 0 saturated heterocycles. The Bertz CT molecular complexity index is 627. The van der Waals surface area contributed by atoms with Crippen LogP contribution < -0.4 is 4.72 Å². The summed E-state index contributed by atoms with van der Waals surface area (Å²) in [4.78, 5) is 3.93. The Kier molecular flexibility index (Phi) is 4.48. The third kappa shape index (κ3) is 3.62. The van der Waals surface area contributed by atoms with E-state index >= 15 is 0 Å². The largest absolute Gasteiger partial charge is 0.280 e. The number of nitrogens with zero attached hydrogens (tertiary/aromatic N) is 3. The first-order chi connectivity index (χ1) is 9.49. The maximum atomic E-state index is 12.2. The number of rotatable bonds is 6. The zero-order valence-corrected chi connectivity index (χ0v) is 12.1. The predicted octanol–water partition coefficient (Wildman–Crippen LogP) is 0.832. The van der Waals surface area contributed by atoms with Crippen molar-refractivity contribution < 1.29 is 8.42 Å². The van der Waals surface area contributed by atoms with Gasteiger partial charge in [-0.15, -0.1) is 0 Å². The average molecular weight is 295 g/mol. The Labute approximate surface area is 118 Å². The molecule has 2 aromatic rings. The minimum atomic E-state index is -3.59. The van der Waals surface area contributed by atoms with Gasteiger partial charge in [0.25, 0.3) is 10.2 Å². The molecule has 108 valence electrons. The van der Waals surface area contributed by atoms with Crippen LogP contribution in [0, 0.1) is 0 Å². The van der Waals surface area contributed by atoms with Crippen molar-refractivity contribution in [3.05, 3.63) is 48.0 Å². The molecule has 0 aliphatic rings. The van der Waals surface area contributed by atoms with Gasteiger partial charge in [0.15, 0.2) is 0 Å². The van der Waals surface area contributed by atoms with E-state index in [-0.39, 0.29) is 0 Å². The molecule has 0 radical (unpaired) electrons. The summed E-state index contributed by atoms with van der Waals surface area (Å²) in [5.41, 5.74) is 0.924. The Morgan fingerprint density at radius 2 is 2.05 bits per heavy atom. The molecule has 0 aliphatic carbocycles. The maximum Gasteiger partial charge on any atom is 0.280 e. The summed E-state index contributed by atoms with van der Waals surface area (Å²) in [6.45, 7) is 2.01. The van der Waals surface area contributed by atoms with E-state index in [1.807, 2.05) is 30.3 Å². The molecule has 0 bridgehead atoms. The summed E-state index contributed by atoms with van der Waals surface area (Å²) in [5, 5.41) is 6.34. The molecule has 0 aliphatic heterocycles. The van der Waals surface area contributed by atoms with Crippen LogP contribution in [0.3, 0.4) is 0 Å². The van der Waals surface area contributed by atoms with E-state index in [4.69, 9.17) is 0 Å². The lowest BCUT2D eigenvalue weighted by atomic mass is 10.2. The Hall–Kier alpha value is -1.77. The van der Waals surface area contributed by atoms with E-state index in [9.17, 15) is 8.42 Å². The quantitative estimate of drug-likeness (QED) is 0.826. The van der Waals surface area contributed by atoms with Crippen LogP contribution in [-0.4, -0.2) is 35.0 Å². The first-order valence-corrected chi connectivity index (χ1v) is 7.56. The van der Waals surface area contributed by atoms with Gasteiger partial charge in [0.1, 0.15) is 12.2 Å². The number of H-pyrrole nitrogens is 1. The van der Waals surface area contributed by atoms with Crippen LogP contribution in [0.2, 0.25) is 0 Å². The molecular weight excluding hydrogens is 278 g/mol. The number of hydrogen-bond donors (Lipinski definition) is 2. The molecule has 1 atom stereocenters. The second-order valence-corrected chi connectivity index (χ2v) is 6.27. The molecule has 20 heavy (non-hydrogen) atoms. The van der Waals surface area contributed by atoms with Gasteiger partial charge >= 0.3 is 0 Å². The van der Waals surface area contributed by atoms with Crippen molar-refractivity contribution in [2.24, 2.45) is 0 Å². The van der Waals surface area contributed by atoms with E-state index in [0.29, 0.717) is 12.4 Å². The average Bonchev–Trinajstić information content (AvgIpc) is 2.93. The molecule has 8 heteroatoms. The topological polar surface area (TPSA) is 91.0 Å². The monoisotopic (exact) mass is 295 g/mol. The lowest BCUT2D eigenvalue weighted by Gasteiger charge is -2.20. The van der Waals surface area contributed by atoms with Gasteiger partial charge in [-0.3, -0.25) is 5.10 Å². The van der Waals surface area contributed by atoms with Crippen LogP contribution in [-0.2, 0) is 16.8 Å².